The maximum atomic E-state index is 11.9. The molecule has 2 aliphatic rings. The average molecular weight is 237 g/mol. The van der Waals surface area contributed by atoms with Gasteiger partial charge in [-0.05, 0) is 32.4 Å². The van der Waals surface area contributed by atoms with E-state index in [1.54, 1.807) is 11.1 Å². The second kappa shape index (κ2) is 4.41. The van der Waals surface area contributed by atoms with Gasteiger partial charge in [0.1, 0.15) is 5.60 Å². The Balaban J connectivity index is 2.00. The third-order valence-corrected chi connectivity index (χ3v) is 2.53. The summed E-state index contributed by atoms with van der Waals surface area (Å²) in [6.07, 6.45) is 3.39. The summed E-state index contributed by atoms with van der Waals surface area (Å²) in [5, 5.41) is 6.44. The minimum atomic E-state index is -0.456. The van der Waals surface area contributed by atoms with Gasteiger partial charge in [-0.25, -0.2) is 4.79 Å². The number of allylic oxidation sites excluding steroid dienone is 1. The van der Waals surface area contributed by atoms with Gasteiger partial charge in [-0.2, -0.15) is 0 Å². The molecule has 0 saturated heterocycles. The highest BCUT2D eigenvalue weighted by atomic mass is 16.6. The fourth-order valence-electron chi connectivity index (χ4n) is 1.78. The molecule has 0 unspecified atom stereocenters. The monoisotopic (exact) mass is 237 g/mol. The van der Waals surface area contributed by atoms with Crippen LogP contribution >= 0.6 is 0 Å². The normalized spacial score (nSPS) is 19.8. The summed E-state index contributed by atoms with van der Waals surface area (Å²) >= 11 is 0. The van der Waals surface area contributed by atoms with Crippen molar-refractivity contribution in [3.05, 3.63) is 23.5 Å². The van der Waals surface area contributed by atoms with Gasteiger partial charge in [-0.3, -0.25) is 10.2 Å². The molecule has 2 aliphatic heterocycles. The van der Waals surface area contributed by atoms with E-state index in [0.29, 0.717) is 6.54 Å². The van der Waals surface area contributed by atoms with Crippen LogP contribution in [0.15, 0.2) is 23.5 Å². The molecule has 0 saturated carbocycles. The largest absolute Gasteiger partial charge is 0.443 e. The summed E-state index contributed by atoms with van der Waals surface area (Å²) in [5.74, 6) is 0. The number of amides is 1. The zero-order chi connectivity index (χ0) is 12.5. The molecule has 0 aromatic carbocycles. The Labute approximate surface area is 101 Å². The minimum Gasteiger partial charge on any atom is -0.443 e. The lowest BCUT2D eigenvalue weighted by atomic mass is 10.1. The van der Waals surface area contributed by atoms with E-state index in [-0.39, 0.29) is 6.09 Å². The summed E-state index contributed by atoms with van der Waals surface area (Å²) in [6, 6.07) is 0. The van der Waals surface area contributed by atoms with Crippen molar-refractivity contribution < 1.29 is 9.53 Å². The molecule has 0 spiro atoms. The van der Waals surface area contributed by atoms with Crippen LogP contribution in [0.2, 0.25) is 0 Å². The van der Waals surface area contributed by atoms with Crippen molar-refractivity contribution in [2.24, 2.45) is 0 Å². The van der Waals surface area contributed by atoms with Crippen LogP contribution in [-0.4, -0.2) is 36.4 Å². The number of nitrogens with one attached hydrogen (secondary N) is 2. The van der Waals surface area contributed by atoms with Gasteiger partial charge in [0, 0.05) is 18.4 Å². The van der Waals surface area contributed by atoms with E-state index in [2.05, 4.69) is 10.6 Å². The Morgan fingerprint density at radius 1 is 1.47 bits per heavy atom. The zero-order valence-corrected chi connectivity index (χ0v) is 10.5. The molecule has 2 N–H and O–H groups in total. The molecule has 0 bridgehead atoms. The van der Waals surface area contributed by atoms with Crippen molar-refractivity contribution in [1.82, 2.24) is 15.5 Å². The lowest BCUT2D eigenvalue weighted by Crippen LogP contribution is -2.43. The molecule has 1 amide bonds. The Morgan fingerprint density at radius 3 is 2.94 bits per heavy atom. The zero-order valence-electron chi connectivity index (χ0n) is 10.5. The highest BCUT2D eigenvalue weighted by molar-refractivity contribution is 5.70. The van der Waals surface area contributed by atoms with Crippen molar-refractivity contribution in [3.8, 4) is 0 Å². The first-order valence-corrected chi connectivity index (χ1v) is 5.80. The molecule has 0 aromatic heterocycles. The molecule has 94 valence electrons. The summed E-state index contributed by atoms with van der Waals surface area (Å²) in [4.78, 5) is 13.5. The molecule has 0 atom stereocenters. The van der Waals surface area contributed by atoms with Crippen LogP contribution in [0, 0.1) is 0 Å². The van der Waals surface area contributed by atoms with Crippen LogP contribution in [0.3, 0.4) is 0 Å². The number of carbonyl (C=O) groups excluding carboxylic acids is 1. The number of hydrogen-bond donors (Lipinski definition) is 2. The van der Waals surface area contributed by atoms with E-state index in [1.807, 2.05) is 26.8 Å². The predicted octanol–water partition coefficient (Wildman–Crippen LogP) is 1.16. The fourth-order valence-corrected chi connectivity index (χ4v) is 1.78. The minimum absolute atomic E-state index is 0.300. The highest BCUT2D eigenvalue weighted by Crippen LogP contribution is 2.17. The summed E-state index contributed by atoms with van der Waals surface area (Å²) in [7, 11) is 0. The van der Waals surface area contributed by atoms with E-state index in [1.165, 1.54) is 5.57 Å². The van der Waals surface area contributed by atoms with Gasteiger partial charge >= 0.3 is 6.09 Å². The van der Waals surface area contributed by atoms with E-state index in [4.69, 9.17) is 4.74 Å². The van der Waals surface area contributed by atoms with Gasteiger partial charge in [0.15, 0.2) is 0 Å². The van der Waals surface area contributed by atoms with Gasteiger partial charge in [-0.1, -0.05) is 0 Å². The molecule has 0 radical (unpaired) electrons. The van der Waals surface area contributed by atoms with Gasteiger partial charge < -0.3 is 10.1 Å². The lowest BCUT2D eigenvalue weighted by Gasteiger charge is -2.31. The van der Waals surface area contributed by atoms with Crippen LogP contribution in [0.25, 0.3) is 0 Å². The van der Waals surface area contributed by atoms with Crippen LogP contribution in [0.4, 0.5) is 4.79 Å². The van der Waals surface area contributed by atoms with Crippen LogP contribution < -0.4 is 10.6 Å². The smallest absolute Gasteiger partial charge is 0.414 e. The van der Waals surface area contributed by atoms with E-state index in [0.717, 1.165) is 18.9 Å². The molecule has 5 heteroatoms. The molecular formula is C12H19N3O2. The lowest BCUT2D eigenvalue weighted by molar-refractivity contribution is 0.0344. The first-order chi connectivity index (χ1) is 7.96. The quantitative estimate of drug-likeness (QED) is 0.663. The van der Waals surface area contributed by atoms with Gasteiger partial charge in [0.25, 0.3) is 0 Å². The van der Waals surface area contributed by atoms with E-state index in [9.17, 15) is 4.79 Å². The van der Waals surface area contributed by atoms with Crippen molar-refractivity contribution in [2.45, 2.75) is 26.4 Å². The Kier molecular flexibility index (Phi) is 3.11. The Bertz CT molecular complexity index is 380. The Morgan fingerprint density at radius 2 is 2.24 bits per heavy atom. The number of rotatable bonds is 0. The number of carbonyl (C=O) groups is 1. The predicted molar refractivity (Wildman–Crippen MR) is 65.1 cm³/mol. The molecule has 0 aliphatic carbocycles. The van der Waals surface area contributed by atoms with E-state index < -0.39 is 5.60 Å². The second-order valence-corrected chi connectivity index (χ2v) is 5.22. The summed E-state index contributed by atoms with van der Waals surface area (Å²) in [5.41, 5.74) is 1.84. The van der Waals surface area contributed by atoms with Gasteiger partial charge in [0.05, 0.1) is 13.2 Å². The first kappa shape index (κ1) is 12.0. The molecule has 0 aromatic rings. The summed E-state index contributed by atoms with van der Waals surface area (Å²) in [6.45, 7) is 7.77. The topological polar surface area (TPSA) is 53.6 Å². The number of nitrogens with zero attached hydrogens (tertiary/aromatic N) is 1. The average Bonchev–Trinajstić information content (AvgIpc) is 2.26. The third-order valence-electron chi connectivity index (χ3n) is 2.53. The molecule has 5 nitrogen and oxygen atoms in total. The van der Waals surface area contributed by atoms with Gasteiger partial charge in [-0.15, -0.1) is 0 Å². The Hall–Kier alpha value is -1.49. The first-order valence-electron chi connectivity index (χ1n) is 5.80. The summed E-state index contributed by atoms with van der Waals surface area (Å²) < 4.78 is 5.33. The maximum Gasteiger partial charge on any atom is 0.414 e. The fraction of sp³-hybridized carbons (Fsp3) is 0.583. The van der Waals surface area contributed by atoms with Crippen molar-refractivity contribution >= 4 is 6.09 Å². The van der Waals surface area contributed by atoms with Crippen LogP contribution in [0.1, 0.15) is 20.8 Å². The van der Waals surface area contributed by atoms with Crippen LogP contribution in [0.5, 0.6) is 0 Å². The number of ether oxygens (including phenoxy) is 1. The van der Waals surface area contributed by atoms with Crippen molar-refractivity contribution in [1.29, 1.82) is 0 Å². The standard InChI is InChI=1S/C12H19N3O2/c1-12(2,3)17-11(16)15-5-4-10-9(7-15)6-13-8-14-10/h4-5,13-14H,6-8H2,1-3H3. The van der Waals surface area contributed by atoms with E-state index >= 15 is 0 Å². The molecule has 17 heavy (non-hydrogen) atoms. The molecular weight excluding hydrogens is 218 g/mol. The van der Waals surface area contributed by atoms with Crippen molar-refractivity contribution in [2.75, 3.05) is 19.8 Å². The second-order valence-electron chi connectivity index (χ2n) is 5.22. The van der Waals surface area contributed by atoms with Crippen LogP contribution in [-0.2, 0) is 4.74 Å². The molecule has 2 heterocycles. The van der Waals surface area contributed by atoms with Crippen molar-refractivity contribution in [3.63, 3.8) is 0 Å². The maximum absolute atomic E-state index is 11.9. The van der Waals surface area contributed by atoms with Gasteiger partial charge in [0.2, 0.25) is 0 Å². The SMILES string of the molecule is CC(C)(C)OC(=O)N1C=CC2=C(CNCN2)C1. The third kappa shape index (κ3) is 3.00. The highest BCUT2D eigenvalue weighted by Gasteiger charge is 2.24. The molecule has 0 fully saturated rings. The number of hydrogen-bond acceptors (Lipinski definition) is 4. The molecule has 2 rings (SSSR count).